The maximum Gasteiger partial charge on any atom is 0.191 e. The first-order chi connectivity index (χ1) is 11.7. The number of guanidine groups is 1. The van der Waals surface area contributed by atoms with Crippen LogP contribution in [-0.2, 0) is 6.42 Å². The minimum absolute atomic E-state index is 0.280. The molecule has 0 amide bonds. The van der Waals surface area contributed by atoms with Gasteiger partial charge in [0.15, 0.2) is 5.96 Å². The molecule has 0 spiro atoms. The molecule has 0 fully saturated rings. The van der Waals surface area contributed by atoms with E-state index in [1.807, 2.05) is 13.0 Å². The normalized spacial score (nSPS) is 12.7. The Morgan fingerprint density at radius 3 is 2.71 bits per heavy atom. The van der Waals surface area contributed by atoms with Crippen LogP contribution in [0.2, 0.25) is 5.15 Å². The number of pyridine rings is 2. The van der Waals surface area contributed by atoms with Gasteiger partial charge in [-0.05, 0) is 42.7 Å². The SMILES string of the molecule is CCNC(=NCC(O)c1ccncc1)NCCc1ccc(Cl)nc1. The van der Waals surface area contributed by atoms with Crippen LogP contribution in [-0.4, -0.2) is 40.7 Å². The van der Waals surface area contributed by atoms with Gasteiger partial charge in [0, 0.05) is 31.7 Å². The van der Waals surface area contributed by atoms with Crippen LogP contribution >= 0.6 is 11.6 Å². The number of hydrogen-bond donors (Lipinski definition) is 3. The van der Waals surface area contributed by atoms with Crippen LogP contribution in [0, 0.1) is 0 Å². The molecule has 0 radical (unpaired) electrons. The van der Waals surface area contributed by atoms with Crippen molar-refractivity contribution in [3.05, 3.63) is 59.1 Å². The van der Waals surface area contributed by atoms with Gasteiger partial charge in [-0.25, -0.2) is 4.98 Å². The first-order valence-electron chi connectivity index (χ1n) is 7.89. The largest absolute Gasteiger partial charge is 0.386 e. The topological polar surface area (TPSA) is 82.4 Å². The number of hydrogen-bond acceptors (Lipinski definition) is 4. The summed E-state index contributed by atoms with van der Waals surface area (Å²) in [6, 6.07) is 7.30. The van der Waals surface area contributed by atoms with Gasteiger partial charge >= 0.3 is 0 Å². The minimum Gasteiger partial charge on any atom is -0.386 e. The van der Waals surface area contributed by atoms with Crippen LogP contribution in [0.4, 0.5) is 0 Å². The van der Waals surface area contributed by atoms with Gasteiger partial charge in [0.25, 0.3) is 0 Å². The number of rotatable bonds is 7. The number of aliphatic hydroxyl groups is 1. The van der Waals surface area contributed by atoms with Gasteiger partial charge in [0.1, 0.15) is 5.15 Å². The summed E-state index contributed by atoms with van der Waals surface area (Å²) in [6.45, 7) is 3.74. The number of aromatic nitrogens is 2. The molecule has 24 heavy (non-hydrogen) atoms. The van der Waals surface area contributed by atoms with Gasteiger partial charge in [-0.15, -0.1) is 0 Å². The zero-order valence-electron chi connectivity index (χ0n) is 13.6. The molecule has 128 valence electrons. The molecule has 3 N–H and O–H groups in total. The average molecular weight is 348 g/mol. The second-order valence-corrected chi connectivity index (χ2v) is 5.57. The molecule has 0 aliphatic carbocycles. The van der Waals surface area contributed by atoms with Crippen molar-refractivity contribution in [1.82, 2.24) is 20.6 Å². The Labute approximate surface area is 147 Å². The molecule has 0 bridgehead atoms. The van der Waals surface area contributed by atoms with Crippen molar-refractivity contribution in [3.63, 3.8) is 0 Å². The summed E-state index contributed by atoms with van der Waals surface area (Å²) in [4.78, 5) is 12.4. The highest BCUT2D eigenvalue weighted by molar-refractivity contribution is 6.29. The Hall–Kier alpha value is -2.18. The molecular weight excluding hydrogens is 326 g/mol. The second kappa shape index (κ2) is 9.85. The van der Waals surface area contributed by atoms with Gasteiger partial charge in [0.2, 0.25) is 0 Å². The Kier molecular flexibility index (Phi) is 7.45. The van der Waals surface area contributed by atoms with Crippen molar-refractivity contribution in [2.24, 2.45) is 4.99 Å². The zero-order chi connectivity index (χ0) is 17.2. The predicted octanol–water partition coefficient (Wildman–Crippen LogP) is 1.96. The first-order valence-corrected chi connectivity index (χ1v) is 8.27. The van der Waals surface area contributed by atoms with Gasteiger partial charge in [-0.2, -0.15) is 0 Å². The molecule has 7 heteroatoms. The van der Waals surface area contributed by atoms with Gasteiger partial charge < -0.3 is 15.7 Å². The molecule has 1 atom stereocenters. The van der Waals surface area contributed by atoms with E-state index in [1.54, 1.807) is 36.8 Å². The van der Waals surface area contributed by atoms with Crippen LogP contribution in [0.25, 0.3) is 0 Å². The number of nitrogens with zero attached hydrogens (tertiary/aromatic N) is 3. The van der Waals surface area contributed by atoms with E-state index in [4.69, 9.17) is 11.6 Å². The summed E-state index contributed by atoms with van der Waals surface area (Å²) in [6.07, 6.45) is 5.24. The fourth-order valence-electron chi connectivity index (χ4n) is 2.09. The van der Waals surface area contributed by atoms with Crippen molar-refractivity contribution in [3.8, 4) is 0 Å². The van der Waals surface area contributed by atoms with Crippen molar-refractivity contribution in [1.29, 1.82) is 0 Å². The van der Waals surface area contributed by atoms with Crippen molar-refractivity contribution in [2.45, 2.75) is 19.4 Å². The minimum atomic E-state index is -0.649. The Balaban J connectivity index is 1.85. The Bertz CT molecular complexity index is 633. The number of aliphatic imine (C=N–C) groups is 1. The third-order valence-corrected chi connectivity index (χ3v) is 3.58. The molecular formula is C17H22ClN5O. The Morgan fingerprint density at radius 1 is 1.25 bits per heavy atom. The van der Waals surface area contributed by atoms with Crippen molar-refractivity contribution < 1.29 is 5.11 Å². The quantitative estimate of drug-likeness (QED) is 0.405. The summed E-state index contributed by atoms with van der Waals surface area (Å²) in [5, 5.41) is 17.1. The van der Waals surface area contributed by atoms with E-state index in [0.29, 0.717) is 17.7 Å². The lowest BCUT2D eigenvalue weighted by Gasteiger charge is -2.13. The second-order valence-electron chi connectivity index (χ2n) is 5.18. The maximum absolute atomic E-state index is 10.2. The van der Waals surface area contributed by atoms with Crippen LogP contribution in [0.15, 0.2) is 47.8 Å². The monoisotopic (exact) mass is 347 g/mol. The van der Waals surface area contributed by atoms with Crippen LogP contribution in [0.1, 0.15) is 24.2 Å². The predicted molar refractivity (Wildman–Crippen MR) is 96.1 cm³/mol. The first kappa shape index (κ1) is 18.2. The van der Waals surface area contributed by atoms with Crippen LogP contribution in [0.5, 0.6) is 0 Å². The lowest BCUT2D eigenvalue weighted by molar-refractivity contribution is 0.187. The van der Waals surface area contributed by atoms with E-state index in [2.05, 4.69) is 25.6 Å². The zero-order valence-corrected chi connectivity index (χ0v) is 14.4. The summed E-state index contributed by atoms with van der Waals surface area (Å²) >= 11 is 5.78. The molecule has 6 nitrogen and oxygen atoms in total. The summed E-state index contributed by atoms with van der Waals surface area (Å²) in [5.41, 5.74) is 1.90. The average Bonchev–Trinajstić information content (AvgIpc) is 2.62. The number of nitrogens with one attached hydrogen (secondary N) is 2. The number of aliphatic hydroxyl groups excluding tert-OH is 1. The third-order valence-electron chi connectivity index (χ3n) is 3.35. The van der Waals surface area contributed by atoms with Gasteiger partial charge in [-0.1, -0.05) is 17.7 Å². The van der Waals surface area contributed by atoms with E-state index < -0.39 is 6.10 Å². The highest BCUT2D eigenvalue weighted by atomic mass is 35.5. The summed E-state index contributed by atoms with van der Waals surface area (Å²) < 4.78 is 0. The molecule has 2 aromatic heterocycles. The van der Waals surface area contributed by atoms with Gasteiger partial charge in [0.05, 0.1) is 12.6 Å². The van der Waals surface area contributed by atoms with Crippen LogP contribution < -0.4 is 10.6 Å². The molecule has 0 aliphatic heterocycles. The molecule has 2 rings (SSSR count). The molecule has 0 saturated carbocycles. The fourth-order valence-corrected chi connectivity index (χ4v) is 2.20. The highest BCUT2D eigenvalue weighted by Gasteiger charge is 2.07. The van der Waals surface area contributed by atoms with Crippen molar-refractivity contribution in [2.75, 3.05) is 19.6 Å². The third kappa shape index (κ3) is 6.14. The standard InChI is InChI=1S/C17H22ClN5O/c1-2-20-17(21-10-5-13-3-4-16(18)22-11-13)23-12-15(24)14-6-8-19-9-7-14/h3-4,6-9,11,15,24H,2,5,10,12H2,1H3,(H2,20,21,23). The lowest BCUT2D eigenvalue weighted by atomic mass is 10.1. The number of halogens is 1. The molecule has 2 heterocycles. The highest BCUT2D eigenvalue weighted by Crippen LogP contribution is 2.11. The smallest absolute Gasteiger partial charge is 0.191 e. The van der Waals surface area contributed by atoms with Gasteiger partial charge in [-0.3, -0.25) is 9.98 Å². The molecule has 0 aliphatic rings. The van der Waals surface area contributed by atoms with E-state index in [-0.39, 0.29) is 6.54 Å². The van der Waals surface area contributed by atoms with E-state index in [1.165, 1.54) is 0 Å². The van der Waals surface area contributed by atoms with Crippen LogP contribution in [0.3, 0.4) is 0 Å². The van der Waals surface area contributed by atoms with E-state index in [0.717, 1.165) is 24.1 Å². The molecule has 0 aromatic carbocycles. The van der Waals surface area contributed by atoms with Crippen molar-refractivity contribution >= 4 is 17.6 Å². The Morgan fingerprint density at radius 2 is 2.04 bits per heavy atom. The maximum atomic E-state index is 10.2. The summed E-state index contributed by atoms with van der Waals surface area (Å²) in [5.74, 6) is 0.674. The summed E-state index contributed by atoms with van der Waals surface area (Å²) in [7, 11) is 0. The lowest BCUT2D eigenvalue weighted by Crippen LogP contribution is -2.38. The molecule has 2 aromatic rings. The van der Waals surface area contributed by atoms with E-state index >= 15 is 0 Å². The molecule has 1 unspecified atom stereocenters. The molecule has 0 saturated heterocycles. The van der Waals surface area contributed by atoms with E-state index in [9.17, 15) is 5.11 Å². The fraction of sp³-hybridized carbons (Fsp3) is 0.353.